The molecule has 1 unspecified atom stereocenters. The second-order valence-electron chi connectivity index (χ2n) is 9.08. The standard InChI is InChI=1S/C28H33FN4O3/c1-4-7-20(3)27(34)32-16-14-31(15-17-32)23-12-10-21(11-13-23)26-19-25(28(35)36-5-2)30-33(26)24-9-6-8-22(29)18-24/h6,8-13,18-20H,4-5,7,14-17H2,1-3H3. The van der Waals surface area contributed by atoms with Gasteiger partial charge in [-0.2, -0.15) is 5.10 Å². The van der Waals surface area contributed by atoms with E-state index in [0.29, 0.717) is 24.5 Å². The number of carbonyl (C=O) groups is 2. The molecule has 3 aromatic rings. The number of halogens is 1. The minimum Gasteiger partial charge on any atom is -0.461 e. The third kappa shape index (κ3) is 5.58. The van der Waals surface area contributed by atoms with Gasteiger partial charge in [0.05, 0.1) is 18.0 Å². The smallest absolute Gasteiger partial charge is 0.358 e. The molecule has 1 fully saturated rings. The van der Waals surface area contributed by atoms with E-state index in [1.54, 1.807) is 29.8 Å². The van der Waals surface area contributed by atoms with Crippen molar-refractivity contribution in [3.8, 4) is 16.9 Å². The summed E-state index contributed by atoms with van der Waals surface area (Å²) in [6, 6.07) is 15.8. The van der Waals surface area contributed by atoms with Gasteiger partial charge in [-0.1, -0.05) is 38.5 Å². The van der Waals surface area contributed by atoms with Crippen LogP contribution in [-0.4, -0.2) is 59.3 Å². The molecule has 0 bridgehead atoms. The molecule has 1 saturated heterocycles. The molecule has 190 valence electrons. The fourth-order valence-corrected chi connectivity index (χ4v) is 4.59. The SMILES string of the molecule is CCCC(C)C(=O)N1CCN(c2ccc(-c3cc(C(=O)OCC)nn3-c3cccc(F)c3)cc2)CC1. The van der Waals surface area contributed by atoms with Crippen molar-refractivity contribution in [1.29, 1.82) is 0 Å². The molecule has 2 aromatic carbocycles. The van der Waals surface area contributed by atoms with Crippen molar-refractivity contribution < 1.29 is 18.7 Å². The van der Waals surface area contributed by atoms with E-state index in [-0.39, 0.29) is 29.9 Å². The zero-order chi connectivity index (χ0) is 25.7. The predicted octanol–water partition coefficient (Wildman–Crippen LogP) is 4.94. The van der Waals surface area contributed by atoms with Gasteiger partial charge in [-0.3, -0.25) is 4.79 Å². The number of hydrogen-bond donors (Lipinski definition) is 0. The maximum Gasteiger partial charge on any atom is 0.358 e. The van der Waals surface area contributed by atoms with Gasteiger partial charge in [-0.05, 0) is 49.7 Å². The van der Waals surface area contributed by atoms with Gasteiger partial charge in [0, 0.05) is 43.3 Å². The first kappa shape index (κ1) is 25.4. The molecule has 0 aliphatic carbocycles. The lowest BCUT2D eigenvalue weighted by atomic mass is 10.0. The first-order valence-corrected chi connectivity index (χ1v) is 12.6. The van der Waals surface area contributed by atoms with Gasteiger partial charge in [-0.15, -0.1) is 0 Å². The van der Waals surface area contributed by atoms with Gasteiger partial charge in [0.2, 0.25) is 5.91 Å². The Hall–Kier alpha value is -3.68. The first-order chi connectivity index (χ1) is 17.4. The summed E-state index contributed by atoms with van der Waals surface area (Å²) in [7, 11) is 0. The molecular formula is C28H33FN4O3. The molecule has 0 saturated carbocycles. The number of rotatable bonds is 8. The number of ether oxygens (including phenoxy) is 1. The zero-order valence-electron chi connectivity index (χ0n) is 21.1. The summed E-state index contributed by atoms with van der Waals surface area (Å²) in [4.78, 5) is 29.2. The molecular weight excluding hydrogens is 459 g/mol. The summed E-state index contributed by atoms with van der Waals surface area (Å²) < 4.78 is 20.6. The van der Waals surface area contributed by atoms with Crippen LogP contribution in [0.4, 0.5) is 10.1 Å². The van der Waals surface area contributed by atoms with Gasteiger partial charge in [-0.25, -0.2) is 13.9 Å². The molecule has 0 spiro atoms. The lowest BCUT2D eigenvalue weighted by molar-refractivity contribution is -0.135. The Bertz CT molecular complexity index is 1200. The number of carbonyl (C=O) groups excluding carboxylic acids is 2. The Morgan fingerprint density at radius 1 is 1.00 bits per heavy atom. The summed E-state index contributed by atoms with van der Waals surface area (Å²) in [5.41, 5.74) is 3.25. The molecule has 4 rings (SSSR count). The summed E-state index contributed by atoms with van der Waals surface area (Å²) in [5.74, 6) is -0.590. The van der Waals surface area contributed by atoms with Crippen LogP contribution in [0.15, 0.2) is 54.6 Å². The Labute approximate surface area is 211 Å². The number of hydrogen-bond acceptors (Lipinski definition) is 5. The van der Waals surface area contributed by atoms with Gasteiger partial charge >= 0.3 is 5.97 Å². The van der Waals surface area contributed by atoms with Crippen molar-refractivity contribution in [3.05, 3.63) is 66.1 Å². The lowest BCUT2D eigenvalue weighted by Crippen LogP contribution is -2.50. The Morgan fingerprint density at radius 3 is 2.36 bits per heavy atom. The molecule has 36 heavy (non-hydrogen) atoms. The van der Waals surface area contributed by atoms with Gasteiger partial charge < -0.3 is 14.5 Å². The van der Waals surface area contributed by atoms with Crippen molar-refractivity contribution >= 4 is 17.6 Å². The Kier molecular flexibility index (Phi) is 8.03. The van der Waals surface area contributed by atoms with Crippen molar-refractivity contribution in [2.24, 2.45) is 5.92 Å². The van der Waals surface area contributed by atoms with Crippen LogP contribution in [0, 0.1) is 11.7 Å². The van der Waals surface area contributed by atoms with Crippen molar-refractivity contribution in [2.75, 3.05) is 37.7 Å². The number of anilines is 1. The van der Waals surface area contributed by atoms with Crippen molar-refractivity contribution in [3.63, 3.8) is 0 Å². The normalized spacial score (nSPS) is 14.6. The van der Waals surface area contributed by atoms with Crippen LogP contribution in [-0.2, 0) is 9.53 Å². The van der Waals surface area contributed by atoms with E-state index in [1.165, 1.54) is 12.1 Å². The fourth-order valence-electron chi connectivity index (χ4n) is 4.59. The van der Waals surface area contributed by atoms with Crippen LogP contribution < -0.4 is 4.90 Å². The van der Waals surface area contributed by atoms with Crippen LogP contribution in [0.3, 0.4) is 0 Å². The number of aromatic nitrogens is 2. The third-order valence-electron chi connectivity index (χ3n) is 6.51. The number of benzene rings is 2. The predicted molar refractivity (Wildman–Crippen MR) is 138 cm³/mol. The Morgan fingerprint density at radius 2 is 1.72 bits per heavy atom. The quantitative estimate of drug-likeness (QED) is 0.417. The highest BCUT2D eigenvalue weighted by Gasteiger charge is 2.25. The van der Waals surface area contributed by atoms with Crippen LogP contribution in [0.1, 0.15) is 44.1 Å². The second kappa shape index (κ2) is 11.4. The van der Waals surface area contributed by atoms with E-state index in [9.17, 15) is 14.0 Å². The average Bonchev–Trinajstić information content (AvgIpc) is 3.35. The van der Waals surface area contributed by atoms with E-state index in [4.69, 9.17) is 4.74 Å². The molecule has 1 aliphatic heterocycles. The maximum atomic E-state index is 13.9. The fraction of sp³-hybridized carbons (Fsp3) is 0.393. The van der Waals surface area contributed by atoms with Gasteiger partial charge in [0.1, 0.15) is 5.82 Å². The van der Waals surface area contributed by atoms with E-state index < -0.39 is 5.97 Å². The van der Waals surface area contributed by atoms with Gasteiger partial charge in [0.15, 0.2) is 5.69 Å². The summed E-state index contributed by atoms with van der Waals surface area (Å²) in [5, 5.41) is 4.41. The van der Waals surface area contributed by atoms with E-state index in [2.05, 4.69) is 16.9 Å². The number of piperazine rings is 1. The van der Waals surface area contributed by atoms with Crippen LogP contribution >= 0.6 is 0 Å². The van der Waals surface area contributed by atoms with Crippen LogP contribution in [0.5, 0.6) is 0 Å². The second-order valence-corrected chi connectivity index (χ2v) is 9.08. The molecule has 1 amide bonds. The molecule has 1 atom stereocenters. The molecule has 0 radical (unpaired) electrons. The molecule has 8 heteroatoms. The largest absolute Gasteiger partial charge is 0.461 e. The number of esters is 1. The van der Waals surface area contributed by atoms with Crippen molar-refractivity contribution in [1.82, 2.24) is 14.7 Å². The topological polar surface area (TPSA) is 67.7 Å². The van der Waals surface area contributed by atoms with Crippen LogP contribution in [0.2, 0.25) is 0 Å². The first-order valence-electron chi connectivity index (χ1n) is 12.6. The van der Waals surface area contributed by atoms with Crippen LogP contribution in [0.25, 0.3) is 16.9 Å². The summed E-state index contributed by atoms with van der Waals surface area (Å²) >= 11 is 0. The molecule has 7 nitrogen and oxygen atoms in total. The summed E-state index contributed by atoms with van der Waals surface area (Å²) in [6.45, 7) is 9.08. The highest BCUT2D eigenvalue weighted by atomic mass is 19.1. The summed E-state index contributed by atoms with van der Waals surface area (Å²) in [6.07, 6.45) is 1.93. The highest BCUT2D eigenvalue weighted by Crippen LogP contribution is 2.28. The number of nitrogens with zero attached hydrogens (tertiary/aromatic N) is 4. The average molecular weight is 493 g/mol. The molecule has 1 aliphatic rings. The third-order valence-corrected chi connectivity index (χ3v) is 6.51. The maximum absolute atomic E-state index is 13.9. The van der Waals surface area contributed by atoms with E-state index in [0.717, 1.165) is 37.2 Å². The number of amides is 1. The minimum absolute atomic E-state index is 0.0725. The Balaban J connectivity index is 1.53. The molecule has 0 N–H and O–H groups in total. The zero-order valence-corrected chi connectivity index (χ0v) is 21.1. The van der Waals surface area contributed by atoms with Crippen molar-refractivity contribution in [2.45, 2.75) is 33.6 Å². The monoisotopic (exact) mass is 492 g/mol. The molecule has 2 heterocycles. The van der Waals surface area contributed by atoms with E-state index in [1.807, 2.05) is 36.1 Å². The van der Waals surface area contributed by atoms with Gasteiger partial charge in [0.25, 0.3) is 0 Å². The lowest BCUT2D eigenvalue weighted by Gasteiger charge is -2.37. The van der Waals surface area contributed by atoms with E-state index >= 15 is 0 Å². The molecule has 1 aromatic heterocycles. The highest BCUT2D eigenvalue weighted by molar-refractivity contribution is 5.89. The minimum atomic E-state index is -0.522.